The molecule has 0 aliphatic heterocycles. The highest BCUT2D eigenvalue weighted by Gasteiger charge is 2.20. The minimum absolute atomic E-state index is 0.00270. The lowest BCUT2D eigenvalue weighted by molar-refractivity contribution is 0.0529. The molecule has 0 saturated carbocycles. The van der Waals surface area contributed by atoms with Crippen molar-refractivity contribution in [2.75, 3.05) is 12.3 Å². The van der Waals surface area contributed by atoms with Crippen LogP contribution in [0.25, 0.3) is 11.1 Å². The summed E-state index contributed by atoms with van der Waals surface area (Å²) < 4.78 is 18.1. The minimum Gasteiger partial charge on any atom is -0.462 e. The topological polar surface area (TPSA) is 52.3 Å². The number of rotatable bonds is 3. The fourth-order valence-corrected chi connectivity index (χ4v) is 2.65. The van der Waals surface area contributed by atoms with Crippen molar-refractivity contribution in [1.82, 2.24) is 0 Å². The van der Waals surface area contributed by atoms with Crippen LogP contribution in [0.15, 0.2) is 23.6 Å². The molecule has 1 aromatic carbocycles. The zero-order valence-electron chi connectivity index (χ0n) is 10.1. The van der Waals surface area contributed by atoms with Crippen molar-refractivity contribution >= 4 is 33.9 Å². The maximum absolute atomic E-state index is 13.2. The molecule has 0 radical (unpaired) electrons. The number of ether oxygens (including phenoxy) is 1. The number of benzene rings is 1. The van der Waals surface area contributed by atoms with Crippen LogP contribution in [0.5, 0.6) is 0 Å². The standard InChI is InChI=1S/C13H11ClFNO2S/c1-2-18-13(17)11-8(6-19-12(11)16)7-3-4-10(15)9(14)5-7/h3-6H,2,16H2,1H3. The van der Waals surface area contributed by atoms with Crippen molar-refractivity contribution in [1.29, 1.82) is 0 Å². The molecule has 2 N–H and O–H groups in total. The maximum atomic E-state index is 13.2. The minimum atomic E-state index is -0.508. The Labute approximate surface area is 118 Å². The van der Waals surface area contributed by atoms with E-state index in [0.29, 0.717) is 21.7 Å². The smallest absolute Gasteiger partial charge is 0.341 e. The Morgan fingerprint density at radius 1 is 1.53 bits per heavy atom. The molecule has 0 saturated heterocycles. The van der Waals surface area contributed by atoms with Crippen LogP contribution in [-0.4, -0.2) is 12.6 Å². The number of anilines is 1. The van der Waals surface area contributed by atoms with E-state index >= 15 is 0 Å². The van der Waals surface area contributed by atoms with Gasteiger partial charge in [-0.05, 0) is 24.6 Å². The predicted molar refractivity (Wildman–Crippen MR) is 75.1 cm³/mol. The van der Waals surface area contributed by atoms with E-state index < -0.39 is 11.8 Å². The summed E-state index contributed by atoms with van der Waals surface area (Å²) >= 11 is 6.97. The Morgan fingerprint density at radius 2 is 2.26 bits per heavy atom. The first-order chi connectivity index (χ1) is 9.04. The van der Waals surface area contributed by atoms with Gasteiger partial charge in [-0.15, -0.1) is 11.3 Å². The zero-order chi connectivity index (χ0) is 14.0. The van der Waals surface area contributed by atoms with E-state index in [0.717, 1.165) is 0 Å². The average molecular weight is 300 g/mol. The van der Waals surface area contributed by atoms with Gasteiger partial charge < -0.3 is 10.5 Å². The summed E-state index contributed by atoms with van der Waals surface area (Å²) in [4.78, 5) is 11.9. The van der Waals surface area contributed by atoms with E-state index in [1.807, 2.05) is 0 Å². The summed E-state index contributed by atoms with van der Waals surface area (Å²) in [6, 6.07) is 4.26. The van der Waals surface area contributed by atoms with Gasteiger partial charge in [-0.2, -0.15) is 0 Å². The molecule has 0 aliphatic carbocycles. The number of carbonyl (C=O) groups excluding carboxylic acids is 1. The van der Waals surface area contributed by atoms with E-state index in [4.69, 9.17) is 22.1 Å². The first kappa shape index (κ1) is 13.8. The van der Waals surface area contributed by atoms with Gasteiger partial charge in [-0.1, -0.05) is 17.7 Å². The molecular weight excluding hydrogens is 289 g/mol. The number of carbonyl (C=O) groups is 1. The van der Waals surface area contributed by atoms with Crippen molar-refractivity contribution in [2.24, 2.45) is 0 Å². The van der Waals surface area contributed by atoms with E-state index in [1.54, 1.807) is 18.4 Å². The number of thiophene rings is 1. The molecule has 1 aromatic heterocycles. The van der Waals surface area contributed by atoms with Crippen LogP contribution < -0.4 is 5.73 Å². The fourth-order valence-electron chi connectivity index (χ4n) is 1.66. The van der Waals surface area contributed by atoms with Crippen molar-refractivity contribution in [3.63, 3.8) is 0 Å². The van der Waals surface area contributed by atoms with E-state index in [-0.39, 0.29) is 11.6 Å². The Hall–Kier alpha value is -1.59. The third-order valence-electron chi connectivity index (χ3n) is 2.53. The van der Waals surface area contributed by atoms with Crippen LogP contribution in [0.3, 0.4) is 0 Å². The van der Waals surface area contributed by atoms with Gasteiger partial charge >= 0.3 is 5.97 Å². The lowest BCUT2D eigenvalue weighted by Gasteiger charge is -2.06. The molecule has 100 valence electrons. The number of halogens is 2. The number of nitrogens with two attached hydrogens (primary N) is 1. The molecule has 6 heteroatoms. The largest absolute Gasteiger partial charge is 0.462 e. The molecule has 0 atom stereocenters. The first-order valence-electron chi connectivity index (χ1n) is 5.54. The molecule has 3 nitrogen and oxygen atoms in total. The summed E-state index contributed by atoms with van der Waals surface area (Å²) in [5, 5.41) is 2.09. The Kier molecular flexibility index (Phi) is 4.07. The molecule has 2 aromatic rings. The lowest BCUT2D eigenvalue weighted by Crippen LogP contribution is -2.07. The predicted octanol–water partition coefficient (Wildman–Crippen LogP) is 3.97. The van der Waals surface area contributed by atoms with Gasteiger partial charge in [0.25, 0.3) is 0 Å². The summed E-state index contributed by atoms with van der Waals surface area (Å²) in [7, 11) is 0. The maximum Gasteiger partial charge on any atom is 0.341 e. The summed E-state index contributed by atoms with van der Waals surface area (Å²) in [5.41, 5.74) is 7.32. The van der Waals surface area contributed by atoms with E-state index in [2.05, 4.69) is 0 Å². The lowest BCUT2D eigenvalue weighted by atomic mass is 10.0. The monoisotopic (exact) mass is 299 g/mol. The summed E-state index contributed by atoms with van der Waals surface area (Å²) in [6.07, 6.45) is 0. The number of esters is 1. The molecule has 0 amide bonds. The molecule has 19 heavy (non-hydrogen) atoms. The molecule has 0 spiro atoms. The van der Waals surface area contributed by atoms with Gasteiger partial charge in [0.05, 0.1) is 11.6 Å². The number of hydrogen-bond acceptors (Lipinski definition) is 4. The molecule has 0 aliphatic rings. The Morgan fingerprint density at radius 3 is 2.89 bits per heavy atom. The second-order valence-electron chi connectivity index (χ2n) is 3.74. The molecule has 2 rings (SSSR count). The first-order valence-corrected chi connectivity index (χ1v) is 6.79. The highest BCUT2D eigenvalue weighted by Crippen LogP contribution is 2.35. The Bertz CT molecular complexity index is 627. The molecule has 0 unspecified atom stereocenters. The number of hydrogen-bond donors (Lipinski definition) is 1. The fraction of sp³-hybridized carbons (Fsp3) is 0.154. The zero-order valence-corrected chi connectivity index (χ0v) is 11.6. The van der Waals surface area contributed by atoms with E-state index in [9.17, 15) is 9.18 Å². The SMILES string of the molecule is CCOC(=O)c1c(-c2ccc(F)c(Cl)c2)csc1N. The van der Waals surface area contributed by atoms with Gasteiger partial charge in [0.2, 0.25) is 0 Å². The van der Waals surface area contributed by atoms with Crippen LogP contribution in [0.2, 0.25) is 5.02 Å². The summed E-state index contributed by atoms with van der Waals surface area (Å²) in [6.45, 7) is 1.98. The third-order valence-corrected chi connectivity index (χ3v) is 3.63. The molecule has 0 fully saturated rings. The number of nitrogen functional groups attached to an aromatic ring is 1. The van der Waals surface area contributed by atoms with Crippen LogP contribution in [0, 0.1) is 5.82 Å². The second-order valence-corrected chi connectivity index (χ2v) is 5.06. The average Bonchev–Trinajstić information content (AvgIpc) is 2.75. The van der Waals surface area contributed by atoms with Crippen molar-refractivity contribution < 1.29 is 13.9 Å². The second kappa shape index (κ2) is 5.59. The van der Waals surface area contributed by atoms with Crippen molar-refractivity contribution in [2.45, 2.75) is 6.92 Å². The molecular formula is C13H11ClFNO2S. The van der Waals surface area contributed by atoms with Crippen LogP contribution in [-0.2, 0) is 4.74 Å². The Balaban J connectivity index is 2.50. The normalized spacial score (nSPS) is 10.5. The van der Waals surface area contributed by atoms with Crippen LogP contribution in [0.1, 0.15) is 17.3 Å². The molecule has 1 heterocycles. The molecule has 0 bridgehead atoms. The van der Waals surface area contributed by atoms with Gasteiger partial charge in [0.15, 0.2) is 0 Å². The van der Waals surface area contributed by atoms with Crippen molar-refractivity contribution in [3.05, 3.63) is 40.0 Å². The quantitative estimate of drug-likeness (QED) is 0.873. The third kappa shape index (κ3) is 2.72. The highest BCUT2D eigenvalue weighted by molar-refractivity contribution is 7.14. The van der Waals surface area contributed by atoms with Gasteiger partial charge in [0.1, 0.15) is 16.4 Å². The van der Waals surface area contributed by atoms with Crippen LogP contribution in [0.4, 0.5) is 9.39 Å². The van der Waals surface area contributed by atoms with Crippen molar-refractivity contribution in [3.8, 4) is 11.1 Å². The van der Waals surface area contributed by atoms with Gasteiger partial charge in [-0.3, -0.25) is 0 Å². The van der Waals surface area contributed by atoms with Crippen LogP contribution >= 0.6 is 22.9 Å². The summed E-state index contributed by atoms with van der Waals surface area (Å²) in [5.74, 6) is -0.997. The highest BCUT2D eigenvalue weighted by atomic mass is 35.5. The van der Waals surface area contributed by atoms with Gasteiger partial charge in [-0.25, -0.2) is 9.18 Å². The van der Waals surface area contributed by atoms with E-state index in [1.165, 1.54) is 23.5 Å². The van der Waals surface area contributed by atoms with Gasteiger partial charge in [0, 0.05) is 10.9 Å².